The third-order valence-corrected chi connectivity index (χ3v) is 5.79. The number of nitrogens with zero attached hydrogens (tertiary/aromatic N) is 1. The largest absolute Gasteiger partial charge is 0.328 e. The molecule has 3 N–H and O–H groups in total. The molecule has 1 saturated carbocycles. The molecule has 1 heterocycles. The van der Waals surface area contributed by atoms with Gasteiger partial charge in [-0.05, 0) is 61.2 Å². The van der Waals surface area contributed by atoms with Crippen molar-refractivity contribution < 1.29 is 8.78 Å². The van der Waals surface area contributed by atoms with Gasteiger partial charge in [0, 0.05) is 31.1 Å². The first-order chi connectivity index (χ1) is 13.1. The maximum Gasteiger partial charge on any atom is 0.159 e. The van der Waals surface area contributed by atoms with E-state index in [9.17, 15) is 8.78 Å². The minimum atomic E-state index is -0.781. The normalized spacial score (nSPS) is 23.5. The second-order valence-electron chi connectivity index (χ2n) is 7.93. The molecule has 0 unspecified atom stereocenters. The van der Waals surface area contributed by atoms with Crippen LogP contribution in [-0.4, -0.2) is 30.1 Å². The standard InChI is InChI=1S/C22H27F2N3/c23-20-6-5-17(11-21(20)24)19-12-22(19)26-13-15-1-3-16(4-2-15)14-27-9-7-18(25)8-10-27/h1-6,11,18-19,22,26H,7-10,12-14,25H2/t19-,22+/m0/s1. The van der Waals surface area contributed by atoms with E-state index in [0.717, 1.165) is 51.0 Å². The van der Waals surface area contributed by atoms with Crippen LogP contribution in [0.2, 0.25) is 0 Å². The maximum absolute atomic E-state index is 13.4. The second kappa shape index (κ2) is 8.05. The molecule has 144 valence electrons. The zero-order valence-electron chi connectivity index (χ0n) is 15.5. The van der Waals surface area contributed by atoms with Gasteiger partial charge in [-0.25, -0.2) is 8.78 Å². The van der Waals surface area contributed by atoms with Gasteiger partial charge in [-0.3, -0.25) is 4.90 Å². The van der Waals surface area contributed by atoms with E-state index >= 15 is 0 Å². The molecule has 0 aromatic heterocycles. The fourth-order valence-electron chi connectivity index (χ4n) is 3.91. The zero-order valence-corrected chi connectivity index (χ0v) is 15.5. The van der Waals surface area contributed by atoms with Gasteiger partial charge in [0.05, 0.1) is 0 Å². The summed E-state index contributed by atoms with van der Waals surface area (Å²) in [6.07, 6.45) is 3.14. The lowest BCUT2D eigenvalue weighted by Gasteiger charge is -2.30. The first-order valence-corrected chi connectivity index (χ1v) is 9.82. The SMILES string of the molecule is NC1CCN(Cc2ccc(CN[C@@H]3C[C@H]3c3ccc(F)c(F)c3)cc2)CC1. The van der Waals surface area contributed by atoms with Crippen molar-refractivity contribution in [2.24, 2.45) is 5.73 Å². The van der Waals surface area contributed by atoms with Crippen LogP contribution in [0.3, 0.4) is 0 Å². The topological polar surface area (TPSA) is 41.3 Å². The van der Waals surface area contributed by atoms with Crippen LogP contribution >= 0.6 is 0 Å². The lowest BCUT2D eigenvalue weighted by molar-refractivity contribution is 0.205. The number of benzene rings is 2. The number of nitrogens with one attached hydrogen (secondary N) is 1. The van der Waals surface area contributed by atoms with Gasteiger partial charge in [0.25, 0.3) is 0 Å². The molecule has 5 heteroatoms. The van der Waals surface area contributed by atoms with Crippen molar-refractivity contribution >= 4 is 0 Å². The van der Waals surface area contributed by atoms with Gasteiger partial charge < -0.3 is 11.1 Å². The van der Waals surface area contributed by atoms with Gasteiger partial charge in [-0.1, -0.05) is 30.3 Å². The Hall–Kier alpha value is -1.82. The molecule has 2 aromatic rings. The van der Waals surface area contributed by atoms with Gasteiger partial charge in [0.2, 0.25) is 0 Å². The van der Waals surface area contributed by atoms with Gasteiger partial charge in [0.15, 0.2) is 11.6 Å². The van der Waals surface area contributed by atoms with Crippen molar-refractivity contribution in [1.82, 2.24) is 10.2 Å². The highest BCUT2D eigenvalue weighted by Crippen LogP contribution is 2.41. The van der Waals surface area contributed by atoms with E-state index in [1.54, 1.807) is 6.07 Å². The molecule has 2 fully saturated rings. The molecule has 3 nitrogen and oxygen atoms in total. The monoisotopic (exact) mass is 371 g/mol. The van der Waals surface area contributed by atoms with E-state index in [1.807, 2.05) is 0 Å². The molecule has 1 saturated heterocycles. The predicted molar refractivity (Wildman–Crippen MR) is 103 cm³/mol. The summed E-state index contributed by atoms with van der Waals surface area (Å²) in [5.74, 6) is -1.26. The van der Waals surface area contributed by atoms with Crippen LogP contribution in [0.5, 0.6) is 0 Å². The Morgan fingerprint density at radius 3 is 2.37 bits per heavy atom. The highest BCUT2D eigenvalue weighted by Gasteiger charge is 2.38. The number of hydrogen-bond acceptors (Lipinski definition) is 3. The van der Waals surface area contributed by atoms with Crippen molar-refractivity contribution in [3.63, 3.8) is 0 Å². The van der Waals surface area contributed by atoms with Crippen molar-refractivity contribution in [3.8, 4) is 0 Å². The van der Waals surface area contributed by atoms with Crippen LogP contribution in [-0.2, 0) is 13.1 Å². The molecular weight excluding hydrogens is 344 g/mol. The first-order valence-electron chi connectivity index (χ1n) is 9.82. The Labute approximate surface area is 159 Å². The number of likely N-dealkylation sites (tertiary alicyclic amines) is 1. The third-order valence-electron chi connectivity index (χ3n) is 5.79. The average Bonchev–Trinajstić information content (AvgIpc) is 3.45. The Kier molecular flexibility index (Phi) is 5.53. The molecule has 2 aliphatic rings. The van der Waals surface area contributed by atoms with Crippen LogP contribution in [0.1, 0.15) is 41.9 Å². The molecule has 2 aromatic carbocycles. The minimum absolute atomic E-state index is 0.282. The van der Waals surface area contributed by atoms with Gasteiger partial charge in [-0.2, -0.15) is 0 Å². The van der Waals surface area contributed by atoms with E-state index in [0.29, 0.717) is 12.1 Å². The summed E-state index contributed by atoms with van der Waals surface area (Å²) in [6, 6.07) is 13.7. The third kappa shape index (κ3) is 4.72. The quantitative estimate of drug-likeness (QED) is 0.816. The van der Waals surface area contributed by atoms with Crippen molar-refractivity contribution in [2.75, 3.05) is 13.1 Å². The average molecular weight is 371 g/mol. The number of rotatable bonds is 6. The van der Waals surface area contributed by atoms with Crippen LogP contribution < -0.4 is 11.1 Å². The molecule has 1 aliphatic heterocycles. The molecular formula is C22H27F2N3. The highest BCUT2D eigenvalue weighted by molar-refractivity contribution is 5.29. The number of nitrogens with two attached hydrogens (primary N) is 1. The van der Waals surface area contributed by atoms with E-state index in [2.05, 4.69) is 34.5 Å². The van der Waals surface area contributed by atoms with Crippen LogP contribution in [0, 0.1) is 11.6 Å². The Bertz CT molecular complexity index is 770. The molecule has 4 rings (SSSR count). The number of halogens is 2. The van der Waals surface area contributed by atoms with E-state index in [-0.39, 0.29) is 5.92 Å². The van der Waals surface area contributed by atoms with Gasteiger partial charge in [0.1, 0.15) is 0 Å². The lowest BCUT2D eigenvalue weighted by Crippen LogP contribution is -2.39. The van der Waals surface area contributed by atoms with Gasteiger partial charge >= 0.3 is 0 Å². The number of hydrogen-bond donors (Lipinski definition) is 2. The Morgan fingerprint density at radius 2 is 1.67 bits per heavy atom. The molecule has 0 amide bonds. The fraction of sp³-hybridized carbons (Fsp3) is 0.455. The zero-order chi connectivity index (χ0) is 18.8. The number of piperidine rings is 1. The summed E-state index contributed by atoms with van der Waals surface area (Å²) in [6.45, 7) is 3.94. The summed E-state index contributed by atoms with van der Waals surface area (Å²) in [4.78, 5) is 2.47. The lowest BCUT2D eigenvalue weighted by atomic mass is 10.0. The maximum atomic E-state index is 13.4. The smallest absolute Gasteiger partial charge is 0.159 e. The summed E-state index contributed by atoms with van der Waals surface area (Å²) < 4.78 is 26.4. The summed E-state index contributed by atoms with van der Waals surface area (Å²) in [7, 11) is 0. The highest BCUT2D eigenvalue weighted by atomic mass is 19.2. The van der Waals surface area contributed by atoms with Gasteiger partial charge in [-0.15, -0.1) is 0 Å². The van der Waals surface area contributed by atoms with E-state index in [1.165, 1.54) is 23.3 Å². The minimum Gasteiger partial charge on any atom is -0.328 e. The summed E-state index contributed by atoms with van der Waals surface area (Å²) >= 11 is 0. The summed E-state index contributed by atoms with van der Waals surface area (Å²) in [5, 5.41) is 3.52. The second-order valence-corrected chi connectivity index (χ2v) is 7.93. The predicted octanol–water partition coefficient (Wildman–Crippen LogP) is 3.53. The van der Waals surface area contributed by atoms with Crippen LogP contribution in [0.4, 0.5) is 8.78 Å². The fourth-order valence-corrected chi connectivity index (χ4v) is 3.91. The van der Waals surface area contributed by atoms with Crippen LogP contribution in [0.25, 0.3) is 0 Å². The molecule has 27 heavy (non-hydrogen) atoms. The van der Waals surface area contributed by atoms with E-state index < -0.39 is 11.6 Å². The molecule has 0 radical (unpaired) electrons. The Balaban J connectivity index is 1.24. The molecule has 0 bridgehead atoms. The summed E-state index contributed by atoms with van der Waals surface area (Å²) in [5.41, 5.74) is 9.42. The molecule has 0 spiro atoms. The van der Waals surface area contributed by atoms with Crippen molar-refractivity contribution in [2.45, 2.75) is 50.4 Å². The Morgan fingerprint density at radius 1 is 0.963 bits per heavy atom. The van der Waals surface area contributed by atoms with Crippen molar-refractivity contribution in [1.29, 1.82) is 0 Å². The molecule has 1 aliphatic carbocycles. The van der Waals surface area contributed by atoms with Crippen LogP contribution in [0.15, 0.2) is 42.5 Å². The molecule has 2 atom stereocenters. The van der Waals surface area contributed by atoms with E-state index in [4.69, 9.17) is 5.73 Å². The first kappa shape index (κ1) is 18.5. The van der Waals surface area contributed by atoms with Crippen molar-refractivity contribution in [3.05, 3.63) is 70.8 Å².